The molecule has 1 aromatic heterocycles. The van der Waals surface area contributed by atoms with Crippen molar-refractivity contribution < 1.29 is 9.32 Å². The Kier molecular flexibility index (Phi) is 4.73. The zero-order valence-corrected chi connectivity index (χ0v) is 13.7. The van der Waals surface area contributed by atoms with E-state index >= 15 is 0 Å². The second-order valence-corrected chi connectivity index (χ2v) is 7.14. The summed E-state index contributed by atoms with van der Waals surface area (Å²) < 4.78 is 4.92. The molecule has 5 nitrogen and oxygen atoms in total. The maximum atomic E-state index is 12.3. The molecule has 2 fully saturated rings. The van der Waals surface area contributed by atoms with E-state index in [9.17, 15) is 4.79 Å². The largest absolute Gasteiger partial charge is 0.353 e. The molecule has 2 unspecified atom stereocenters. The third-order valence-corrected chi connectivity index (χ3v) is 5.54. The van der Waals surface area contributed by atoms with E-state index < -0.39 is 0 Å². The average molecular weight is 326 g/mol. The summed E-state index contributed by atoms with van der Waals surface area (Å²) in [5.74, 6) is 1.19. The van der Waals surface area contributed by atoms with E-state index in [-0.39, 0.29) is 5.91 Å². The first-order valence-corrected chi connectivity index (χ1v) is 8.58. The summed E-state index contributed by atoms with van der Waals surface area (Å²) in [6, 6.07) is 0.613. The van der Waals surface area contributed by atoms with Crippen molar-refractivity contribution in [2.24, 2.45) is 17.6 Å². The van der Waals surface area contributed by atoms with Crippen LogP contribution in [0.4, 0.5) is 0 Å². The summed E-state index contributed by atoms with van der Waals surface area (Å²) >= 11 is 5.94. The fourth-order valence-electron chi connectivity index (χ4n) is 4.16. The monoisotopic (exact) mass is 325 g/mol. The van der Waals surface area contributed by atoms with Crippen LogP contribution in [0.15, 0.2) is 4.52 Å². The normalized spacial score (nSPS) is 31.0. The van der Waals surface area contributed by atoms with Crippen molar-refractivity contribution in [1.82, 2.24) is 10.5 Å². The maximum absolute atomic E-state index is 12.3. The quantitative estimate of drug-likeness (QED) is 0.891. The van der Waals surface area contributed by atoms with E-state index in [2.05, 4.69) is 10.5 Å². The van der Waals surface area contributed by atoms with Gasteiger partial charge in [0.1, 0.15) is 0 Å². The lowest BCUT2D eigenvalue weighted by Gasteiger charge is -2.45. The van der Waals surface area contributed by atoms with Gasteiger partial charge in [0.2, 0.25) is 11.1 Å². The Morgan fingerprint density at radius 3 is 2.68 bits per heavy atom. The summed E-state index contributed by atoms with van der Waals surface area (Å²) in [5, 5.41) is 7.36. The van der Waals surface area contributed by atoms with Gasteiger partial charge < -0.3 is 15.6 Å². The van der Waals surface area contributed by atoms with Crippen LogP contribution in [0.5, 0.6) is 0 Å². The molecule has 22 heavy (non-hydrogen) atoms. The molecule has 2 atom stereocenters. The van der Waals surface area contributed by atoms with Crippen molar-refractivity contribution >= 4 is 17.5 Å². The van der Waals surface area contributed by atoms with E-state index in [1.54, 1.807) is 0 Å². The van der Waals surface area contributed by atoms with E-state index in [1.807, 2.05) is 6.92 Å². The van der Waals surface area contributed by atoms with Gasteiger partial charge in [-0.2, -0.15) is 0 Å². The molecule has 6 heteroatoms. The number of carbonyl (C=O) groups excluding carboxylic acids is 1. The second kappa shape index (κ2) is 6.59. The minimum atomic E-state index is 0.0917. The highest BCUT2D eigenvalue weighted by atomic mass is 35.5. The molecule has 0 saturated heterocycles. The highest BCUT2D eigenvalue weighted by Crippen LogP contribution is 2.39. The van der Waals surface area contributed by atoms with E-state index in [4.69, 9.17) is 21.9 Å². The van der Waals surface area contributed by atoms with Crippen LogP contribution >= 0.6 is 11.6 Å². The minimum absolute atomic E-state index is 0.0917. The van der Waals surface area contributed by atoms with E-state index in [0.717, 1.165) is 24.1 Å². The first kappa shape index (κ1) is 15.8. The minimum Gasteiger partial charge on any atom is -0.353 e. The summed E-state index contributed by atoms with van der Waals surface area (Å²) in [7, 11) is 0. The fraction of sp³-hybridized carbons (Fsp3) is 0.750. The number of nitrogens with two attached hydrogens (primary N) is 1. The summed E-state index contributed by atoms with van der Waals surface area (Å²) in [5.41, 5.74) is 7.73. The lowest BCUT2D eigenvalue weighted by molar-refractivity contribution is -0.123. The Morgan fingerprint density at radius 2 is 2.09 bits per heavy atom. The van der Waals surface area contributed by atoms with Crippen LogP contribution in [-0.2, 0) is 11.2 Å². The Bertz CT molecular complexity index is 512. The number of amides is 1. The van der Waals surface area contributed by atoms with E-state index in [1.165, 1.54) is 19.3 Å². The zero-order chi connectivity index (χ0) is 15.7. The van der Waals surface area contributed by atoms with Crippen molar-refractivity contribution in [3.63, 3.8) is 0 Å². The highest BCUT2D eigenvalue weighted by molar-refractivity contribution is 6.29. The summed E-state index contributed by atoms with van der Waals surface area (Å²) in [6.07, 6.45) is 6.71. The van der Waals surface area contributed by atoms with Crippen molar-refractivity contribution in [2.75, 3.05) is 0 Å². The molecule has 0 aliphatic heterocycles. The molecule has 2 saturated carbocycles. The molecule has 122 valence electrons. The maximum Gasteiger partial charge on any atom is 0.229 e. The van der Waals surface area contributed by atoms with Gasteiger partial charge in [-0.15, -0.1) is 0 Å². The molecular formula is C16H24ClN3O2. The standard InChI is InChI=1S/C16H24ClN3O2/c1-9-13(16(17)22-20-9)5-6-14(21)19-15-10-3-2-4-11(15)8-12(18)7-10/h10-12,15H,2-8,18H2,1H3,(H,19,21). The van der Waals surface area contributed by atoms with Crippen LogP contribution in [0, 0.1) is 18.8 Å². The Hall–Kier alpha value is -1.07. The van der Waals surface area contributed by atoms with Crippen molar-refractivity contribution in [3.05, 3.63) is 16.5 Å². The molecule has 1 amide bonds. The predicted octanol–water partition coefficient (Wildman–Crippen LogP) is 2.59. The molecule has 2 aliphatic rings. The molecule has 3 rings (SSSR count). The number of aryl methyl sites for hydroxylation is 1. The number of fused-ring (bicyclic) bond motifs is 2. The topological polar surface area (TPSA) is 81.2 Å². The van der Waals surface area contributed by atoms with Gasteiger partial charge in [-0.25, -0.2) is 0 Å². The third kappa shape index (κ3) is 3.30. The first-order valence-electron chi connectivity index (χ1n) is 8.20. The molecule has 3 N–H and O–H groups in total. The van der Waals surface area contributed by atoms with Gasteiger partial charge in [-0.1, -0.05) is 11.6 Å². The number of rotatable bonds is 4. The fourth-order valence-corrected chi connectivity index (χ4v) is 4.43. The zero-order valence-electron chi connectivity index (χ0n) is 13.0. The van der Waals surface area contributed by atoms with Gasteiger partial charge >= 0.3 is 0 Å². The second-order valence-electron chi connectivity index (χ2n) is 6.80. The predicted molar refractivity (Wildman–Crippen MR) is 84.5 cm³/mol. The number of aromatic nitrogens is 1. The van der Waals surface area contributed by atoms with Gasteiger partial charge in [-0.05, 0) is 62.5 Å². The van der Waals surface area contributed by atoms with Crippen LogP contribution in [0.2, 0.25) is 5.22 Å². The molecule has 0 radical (unpaired) electrons. The number of nitrogens with one attached hydrogen (secondary N) is 1. The Morgan fingerprint density at radius 1 is 1.41 bits per heavy atom. The van der Waals surface area contributed by atoms with Crippen molar-refractivity contribution in [1.29, 1.82) is 0 Å². The van der Waals surface area contributed by atoms with Gasteiger partial charge in [0.25, 0.3) is 0 Å². The van der Waals surface area contributed by atoms with Gasteiger partial charge in [-0.3, -0.25) is 4.79 Å². The van der Waals surface area contributed by atoms with Crippen molar-refractivity contribution in [3.8, 4) is 0 Å². The first-order chi connectivity index (χ1) is 10.5. The smallest absolute Gasteiger partial charge is 0.229 e. The molecule has 2 bridgehead atoms. The van der Waals surface area contributed by atoms with Crippen LogP contribution in [0.3, 0.4) is 0 Å². The van der Waals surface area contributed by atoms with E-state index in [0.29, 0.717) is 42.0 Å². The summed E-state index contributed by atoms with van der Waals surface area (Å²) in [4.78, 5) is 12.3. The molecule has 0 aromatic carbocycles. The SMILES string of the molecule is Cc1noc(Cl)c1CCC(=O)NC1C2CCCC1CC(N)C2. The van der Waals surface area contributed by atoms with Crippen LogP contribution in [0.1, 0.15) is 49.8 Å². The number of nitrogens with zero attached hydrogens (tertiary/aromatic N) is 1. The van der Waals surface area contributed by atoms with Gasteiger partial charge in [0, 0.05) is 24.1 Å². The molecule has 0 spiro atoms. The third-order valence-electron chi connectivity index (χ3n) is 5.24. The number of hydrogen-bond donors (Lipinski definition) is 2. The summed E-state index contributed by atoms with van der Waals surface area (Å²) in [6.45, 7) is 1.84. The Balaban J connectivity index is 1.55. The number of hydrogen-bond acceptors (Lipinski definition) is 4. The van der Waals surface area contributed by atoms with Gasteiger partial charge in [0.15, 0.2) is 0 Å². The lowest BCUT2D eigenvalue weighted by atomic mass is 9.67. The van der Waals surface area contributed by atoms with Gasteiger partial charge in [0.05, 0.1) is 5.69 Å². The highest BCUT2D eigenvalue weighted by Gasteiger charge is 2.39. The van der Waals surface area contributed by atoms with Crippen molar-refractivity contribution in [2.45, 2.75) is 64.0 Å². The molecular weight excluding hydrogens is 302 g/mol. The average Bonchev–Trinajstić information content (AvgIpc) is 2.77. The van der Waals surface area contributed by atoms with Crippen LogP contribution in [-0.4, -0.2) is 23.1 Å². The van der Waals surface area contributed by atoms with Crippen LogP contribution < -0.4 is 11.1 Å². The molecule has 1 aromatic rings. The molecule has 2 aliphatic carbocycles. The Labute approximate surface area is 135 Å². The molecule has 1 heterocycles. The van der Waals surface area contributed by atoms with Crippen LogP contribution in [0.25, 0.3) is 0 Å². The lowest BCUT2D eigenvalue weighted by Crippen LogP contribution is -2.53. The number of carbonyl (C=O) groups is 1. The number of halogens is 1.